The molecule has 0 saturated heterocycles. The van der Waals surface area contributed by atoms with Gasteiger partial charge in [-0.15, -0.1) is 22.7 Å². The van der Waals surface area contributed by atoms with Crippen LogP contribution in [0.25, 0.3) is 16.3 Å². The number of thiazole rings is 1. The normalized spacial score (nSPS) is 10.8. The highest BCUT2D eigenvalue weighted by molar-refractivity contribution is 7.17. The van der Waals surface area contributed by atoms with E-state index in [0.29, 0.717) is 10.7 Å². The van der Waals surface area contributed by atoms with Crippen molar-refractivity contribution >= 4 is 33.7 Å². The summed E-state index contributed by atoms with van der Waals surface area (Å²) in [6, 6.07) is 13.3. The van der Waals surface area contributed by atoms with Crippen molar-refractivity contribution in [2.24, 2.45) is 0 Å². The van der Waals surface area contributed by atoms with Crippen molar-refractivity contribution in [2.75, 3.05) is 5.32 Å². The number of hydrogen-bond acceptors (Lipinski definition) is 5. The molecule has 0 bridgehead atoms. The maximum atomic E-state index is 12.4. The third-order valence-corrected chi connectivity index (χ3v) is 5.40. The average molecular weight is 366 g/mol. The first-order chi connectivity index (χ1) is 12.2. The van der Waals surface area contributed by atoms with Crippen LogP contribution in [0.2, 0.25) is 0 Å². The van der Waals surface area contributed by atoms with Gasteiger partial charge in [-0.25, -0.2) is 9.67 Å². The first-order valence-electron chi connectivity index (χ1n) is 7.63. The van der Waals surface area contributed by atoms with Crippen LogP contribution in [0.5, 0.6) is 0 Å². The number of nitrogens with one attached hydrogen (secondary N) is 1. The van der Waals surface area contributed by atoms with Gasteiger partial charge in [0.25, 0.3) is 5.91 Å². The van der Waals surface area contributed by atoms with E-state index >= 15 is 0 Å². The molecule has 0 fully saturated rings. The number of aryl methyl sites for hydroxylation is 1. The molecule has 124 valence electrons. The molecule has 0 radical (unpaired) electrons. The maximum absolute atomic E-state index is 12.4. The van der Waals surface area contributed by atoms with Crippen molar-refractivity contribution in [3.63, 3.8) is 0 Å². The fourth-order valence-electron chi connectivity index (χ4n) is 2.37. The number of nitrogens with zero attached hydrogens (tertiary/aromatic N) is 3. The number of thiophene rings is 1. The first kappa shape index (κ1) is 15.7. The van der Waals surface area contributed by atoms with Crippen molar-refractivity contribution in [2.45, 2.75) is 6.92 Å². The molecule has 0 spiro atoms. The molecule has 4 aromatic rings. The number of amides is 1. The van der Waals surface area contributed by atoms with Crippen molar-refractivity contribution < 1.29 is 4.79 Å². The Hall–Kier alpha value is -2.77. The lowest BCUT2D eigenvalue weighted by atomic mass is 10.2. The van der Waals surface area contributed by atoms with Crippen molar-refractivity contribution in [3.05, 3.63) is 70.7 Å². The van der Waals surface area contributed by atoms with Crippen LogP contribution in [-0.4, -0.2) is 20.7 Å². The number of benzene rings is 1. The van der Waals surface area contributed by atoms with E-state index in [2.05, 4.69) is 34.5 Å². The van der Waals surface area contributed by atoms with Gasteiger partial charge in [0.15, 0.2) is 5.13 Å². The minimum absolute atomic E-state index is 0.171. The van der Waals surface area contributed by atoms with Gasteiger partial charge in [0, 0.05) is 28.2 Å². The van der Waals surface area contributed by atoms with E-state index in [1.165, 1.54) is 16.2 Å². The molecule has 25 heavy (non-hydrogen) atoms. The predicted molar refractivity (Wildman–Crippen MR) is 102 cm³/mol. The fourth-order valence-corrected chi connectivity index (χ4v) is 3.98. The van der Waals surface area contributed by atoms with Gasteiger partial charge >= 0.3 is 0 Å². The second-order valence-electron chi connectivity index (χ2n) is 5.40. The molecule has 0 aliphatic carbocycles. The van der Waals surface area contributed by atoms with Crippen molar-refractivity contribution in [3.8, 4) is 16.3 Å². The van der Waals surface area contributed by atoms with E-state index in [-0.39, 0.29) is 5.91 Å². The summed E-state index contributed by atoms with van der Waals surface area (Å²) in [4.78, 5) is 19.2. The standard InChI is InChI=1S/C18H14N4OS2/c1-12-3-8-16(25-12)15-11-24-18(20-15)21-17(23)13-4-6-14(7-5-13)22-10-2-9-19-22/h2-11H,1H3,(H,20,21,23). The molecule has 3 aromatic heterocycles. The van der Waals surface area contributed by atoms with Gasteiger partial charge in [-0.2, -0.15) is 5.10 Å². The van der Waals surface area contributed by atoms with Gasteiger partial charge in [0.1, 0.15) is 0 Å². The molecular weight excluding hydrogens is 352 g/mol. The summed E-state index contributed by atoms with van der Waals surface area (Å²) in [5.74, 6) is -0.171. The monoisotopic (exact) mass is 366 g/mol. The minimum atomic E-state index is -0.171. The quantitative estimate of drug-likeness (QED) is 0.573. The van der Waals surface area contributed by atoms with E-state index in [1.807, 2.05) is 29.8 Å². The average Bonchev–Trinajstić information content (AvgIpc) is 3.36. The molecule has 0 aliphatic heterocycles. The van der Waals surface area contributed by atoms with Crippen LogP contribution in [0.15, 0.2) is 60.2 Å². The van der Waals surface area contributed by atoms with Gasteiger partial charge in [-0.1, -0.05) is 0 Å². The highest BCUT2D eigenvalue weighted by atomic mass is 32.1. The maximum Gasteiger partial charge on any atom is 0.257 e. The second-order valence-corrected chi connectivity index (χ2v) is 7.55. The largest absolute Gasteiger partial charge is 0.298 e. The van der Waals surface area contributed by atoms with Crippen LogP contribution in [0.4, 0.5) is 5.13 Å². The molecule has 5 nitrogen and oxygen atoms in total. The first-order valence-corrected chi connectivity index (χ1v) is 9.32. The molecule has 3 heterocycles. The molecule has 4 rings (SSSR count). The topological polar surface area (TPSA) is 59.8 Å². The Morgan fingerprint density at radius 1 is 1.16 bits per heavy atom. The lowest BCUT2D eigenvalue weighted by Gasteiger charge is -2.04. The molecule has 1 N–H and O–H groups in total. The summed E-state index contributed by atoms with van der Waals surface area (Å²) in [5, 5.41) is 9.59. The highest BCUT2D eigenvalue weighted by Crippen LogP contribution is 2.30. The molecule has 0 unspecified atom stereocenters. The van der Waals surface area contributed by atoms with Gasteiger partial charge in [0.05, 0.1) is 16.3 Å². The van der Waals surface area contributed by atoms with Crippen LogP contribution in [0.1, 0.15) is 15.2 Å². The van der Waals surface area contributed by atoms with Gasteiger partial charge < -0.3 is 0 Å². The lowest BCUT2D eigenvalue weighted by molar-refractivity contribution is 0.102. The molecule has 1 amide bonds. The Bertz CT molecular complexity index is 1000. The van der Waals surface area contributed by atoms with Crippen molar-refractivity contribution in [1.82, 2.24) is 14.8 Å². The smallest absolute Gasteiger partial charge is 0.257 e. The van der Waals surface area contributed by atoms with Crippen LogP contribution >= 0.6 is 22.7 Å². The Labute approximate surface area is 152 Å². The Kier molecular flexibility index (Phi) is 4.17. The number of aromatic nitrogens is 3. The number of rotatable bonds is 4. The molecule has 0 aliphatic rings. The lowest BCUT2D eigenvalue weighted by Crippen LogP contribution is -2.11. The molecule has 7 heteroatoms. The molecule has 0 atom stereocenters. The van der Waals surface area contributed by atoms with Gasteiger partial charge in [-0.3, -0.25) is 10.1 Å². The number of carbonyl (C=O) groups excluding carboxylic acids is 1. The second kappa shape index (κ2) is 6.62. The zero-order chi connectivity index (χ0) is 17.2. The molecule has 1 aromatic carbocycles. The number of carbonyl (C=O) groups is 1. The summed E-state index contributed by atoms with van der Waals surface area (Å²) in [5.41, 5.74) is 2.39. The zero-order valence-corrected chi connectivity index (χ0v) is 15.0. The summed E-state index contributed by atoms with van der Waals surface area (Å²) >= 11 is 3.12. The van der Waals surface area contributed by atoms with E-state index in [9.17, 15) is 4.79 Å². The summed E-state index contributed by atoms with van der Waals surface area (Å²) in [6.45, 7) is 2.07. The van der Waals surface area contributed by atoms with Crippen LogP contribution in [-0.2, 0) is 0 Å². The summed E-state index contributed by atoms with van der Waals surface area (Å²) in [7, 11) is 0. The zero-order valence-electron chi connectivity index (χ0n) is 13.3. The van der Waals surface area contributed by atoms with E-state index in [1.54, 1.807) is 34.3 Å². The molecular formula is C18H14N4OS2. The van der Waals surface area contributed by atoms with Gasteiger partial charge in [0.2, 0.25) is 0 Å². The SMILES string of the molecule is Cc1ccc(-c2csc(NC(=O)c3ccc(-n4cccn4)cc3)n2)s1. The highest BCUT2D eigenvalue weighted by Gasteiger charge is 2.11. The van der Waals surface area contributed by atoms with Crippen LogP contribution in [0.3, 0.4) is 0 Å². The predicted octanol–water partition coefficient (Wildman–Crippen LogP) is 4.62. The Morgan fingerprint density at radius 3 is 2.68 bits per heavy atom. The van der Waals surface area contributed by atoms with E-state index in [0.717, 1.165) is 16.3 Å². The molecule has 0 saturated carbocycles. The Morgan fingerprint density at radius 2 is 2.00 bits per heavy atom. The van der Waals surface area contributed by atoms with Gasteiger partial charge in [-0.05, 0) is 49.4 Å². The van der Waals surface area contributed by atoms with E-state index < -0.39 is 0 Å². The Balaban J connectivity index is 1.48. The summed E-state index contributed by atoms with van der Waals surface area (Å²) in [6.07, 6.45) is 3.58. The van der Waals surface area contributed by atoms with Crippen LogP contribution < -0.4 is 5.32 Å². The number of anilines is 1. The minimum Gasteiger partial charge on any atom is -0.298 e. The van der Waals surface area contributed by atoms with Crippen molar-refractivity contribution in [1.29, 1.82) is 0 Å². The third kappa shape index (κ3) is 3.38. The fraction of sp³-hybridized carbons (Fsp3) is 0.0556. The summed E-state index contributed by atoms with van der Waals surface area (Å²) < 4.78 is 1.75. The third-order valence-electron chi connectivity index (χ3n) is 3.62. The van der Waals surface area contributed by atoms with Crippen LogP contribution in [0, 0.1) is 6.92 Å². The number of hydrogen-bond donors (Lipinski definition) is 1. The van der Waals surface area contributed by atoms with E-state index in [4.69, 9.17) is 0 Å².